The van der Waals surface area contributed by atoms with Crippen molar-refractivity contribution in [2.24, 2.45) is 4.40 Å². The lowest BCUT2D eigenvalue weighted by molar-refractivity contribution is -0.0578. The molecule has 0 spiro atoms. The molecule has 0 N–H and O–H groups in total. The van der Waals surface area contributed by atoms with Crippen LogP contribution in [0.25, 0.3) is 0 Å². The second-order valence-electron chi connectivity index (χ2n) is 6.38. The third kappa shape index (κ3) is 6.63. The molecule has 3 nitrogen and oxygen atoms in total. The minimum Gasteiger partial charge on any atom is -0.494 e. The van der Waals surface area contributed by atoms with Crippen LogP contribution in [0.5, 0.6) is 5.75 Å². The molecule has 0 heterocycles. The highest BCUT2D eigenvalue weighted by Gasteiger charge is 2.38. The van der Waals surface area contributed by atoms with Gasteiger partial charge in [-0.2, -0.15) is 17.6 Å². The molecule has 0 fully saturated rings. The van der Waals surface area contributed by atoms with Crippen molar-refractivity contribution in [1.29, 1.82) is 0 Å². The lowest BCUT2D eigenvalue weighted by Crippen LogP contribution is -2.28. The van der Waals surface area contributed by atoms with Gasteiger partial charge in [-0.1, -0.05) is 19.8 Å². The Labute approximate surface area is 143 Å². The van der Waals surface area contributed by atoms with E-state index in [4.69, 9.17) is 4.74 Å². The standard InChI is InChI=1S/C17H24F3NO2S/c1-5-6-7-12-23-14-10-8-13(9-11-14)15(17(18,19)20)21-24(22)16(2,3)4/h8-11H,5-7,12H2,1-4H3/b21-15+/t24-/m0/s1. The number of rotatable bonds is 7. The molecule has 1 rings (SSSR count). The van der Waals surface area contributed by atoms with E-state index in [-0.39, 0.29) is 5.56 Å². The summed E-state index contributed by atoms with van der Waals surface area (Å²) in [6.07, 6.45) is -1.66. The van der Waals surface area contributed by atoms with Crippen molar-refractivity contribution in [2.45, 2.75) is 57.9 Å². The van der Waals surface area contributed by atoms with E-state index in [2.05, 4.69) is 11.3 Å². The summed E-state index contributed by atoms with van der Waals surface area (Å²) in [5, 5.41) is 0. The molecule has 0 aliphatic rings. The predicted octanol–water partition coefficient (Wildman–Crippen LogP) is 5.07. The predicted molar refractivity (Wildman–Crippen MR) is 91.9 cm³/mol. The van der Waals surface area contributed by atoms with Crippen LogP contribution in [0.2, 0.25) is 0 Å². The average molecular weight is 363 g/mol. The number of alkyl halides is 3. The van der Waals surface area contributed by atoms with Crippen LogP contribution in [-0.4, -0.2) is 27.5 Å². The second kappa shape index (κ2) is 8.65. The number of unbranched alkanes of at least 4 members (excludes halogenated alkanes) is 2. The zero-order chi connectivity index (χ0) is 18.4. The number of halogens is 3. The van der Waals surface area contributed by atoms with E-state index < -0.39 is 27.6 Å². The molecule has 24 heavy (non-hydrogen) atoms. The van der Waals surface area contributed by atoms with E-state index >= 15 is 0 Å². The maximum atomic E-state index is 13.2. The molecule has 0 unspecified atom stereocenters. The van der Waals surface area contributed by atoms with Gasteiger partial charge in [-0.25, -0.2) is 4.21 Å². The molecule has 1 aromatic carbocycles. The van der Waals surface area contributed by atoms with Crippen molar-refractivity contribution < 1.29 is 22.1 Å². The number of benzene rings is 1. The summed E-state index contributed by atoms with van der Waals surface area (Å²) in [6, 6.07) is 5.54. The van der Waals surface area contributed by atoms with Gasteiger partial charge in [0, 0.05) is 5.56 Å². The monoisotopic (exact) mass is 363 g/mol. The molecule has 0 bridgehead atoms. The van der Waals surface area contributed by atoms with Gasteiger partial charge in [0.25, 0.3) is 0 Å². The van der Waals surface area contributed by atoms with Gasteiger partial charge in [0.15, 0.2) is 5.71 Å². The molecule has 1 aromatic rings. The van der Waals surface area contributed by atoms with Crippen molar-refractivity contribution >= 4 is 16.7 Å². The van der Waals surface area contributed by atoms with Crippen LogP contribution in [0.1, 0.15) is 52.5 Å². The summed E-state index contributed by atoms with van der Waals surface area (Å²) >= 11 is 0. The SMILES string of the molecule is CCCCCOc1ccc(/C(=N\[S@@](=O)C(C)(C)C)C(F)(F)F)cc1. The first kappa shape index (κ1) is 20.7. The largest absolute Gasteiger partial charge is 0.494 e. The molecule has 0 aliphatic heterocycles. The van der Waals surface area contributed by atoms with Gasteiger partial charge in [-0.3, -0.25) is 0 Å². The highest BCUT2D eigenvalue weighted by atomic mass is 32.2. The summed E-state index contributed by atoms with van der Waals surface area (Å²) in [7, 11) is -1.99. The van der Waals surface area contributed by atoms with Crippen LogP contribution in [0.15, 0.2) is 28.7 Å². The van der Waals surface area contributed by atoms with E-state index in [1.807, 2.05) is 0 Å². The van der Waals surface area contributed by atoms with Gasteiger partial charge < -0.3 is 4.74 Å². The number of nitrogens with zero attached hydrogens (tertiary/aromatic N) is 1. The fraction of sp³-hybridized carbons (Fsp3) is 0.588. The molecule has 0 saturated heterocycles. The summed E-state index contributed by atoms with van der Waals surface area (Å²) in [5.41, 5.74) is -1.26. The molecular formula is C17H24F3NO2S. The van der Waals surface area contributed by atoms with Crippen LogP contribution >= 0.6 is 0 Å². The van der Waals surface area contributed by atoms with Gasteiger partial charge in [0.05, 0.1) is 11.4 Å². The van der Waals surface area contributed by atoms with Crippen LogP contribution in [0.4, 0.5) is 13.2 Å². The fourth-order valence-electron chi connectivity index (χ4n) is 1.74. The molecule has 0 saturated carbocycles. The van der Waals surface area contributed by atoms with Gasteiger partial charge in [0.1, 0.15) is 16.7 Å². The maximum absolute atomic E-state index is 13.2. The van der Waals surface area contributed by atoms with Gasteiger partial charge in [-0.15, -0.1) is 0 Å². The Hall–Kier alpha value is -1.37. The molecule has 7 heteroatoms. The summed E-state index contributed by atoms with van der Waals surface area (Å²) in [5.74, 6) is 0.508. The first-order valence-electron chi connectivity index (χ1n) is 7.87. The molecular weight excluding hydrogens is 339 g/mol. The highest BCUT2D eigenvalue weighted by Crippen LogP contribution is 2.26. The number of ether oxygens (including phenoxy) is 1. The minimum absolute atomic E-state index is 0.124. The molecule has 0 radical (unpaired) electrons. The lowest BCUT2D eigenvalue weighted by atomic mass is 10.1. The Kier molecular flexibility index (Phi) is 7.45. The highest BCUT2D eigenvalue weighted by molar-refractivity contribution is 7.85. The molecule has 0 aromatic heterocycles. The van der Waals surface area contributed by atoms with E-state index in [9.17, 15) is 17.4 Å². The zero-order valence-corrected chi connectivity index (χ0v) is 15.3. The van der Waals surface area contributed by atoms with Crippen molar-refractivity contribution in [2.75, 3.05) is 6.61 Å². The van der Waals surface area contributed by atoms with E-state index in [1.165, 1.54) is 24.3 Å². The fourth-order valence-corrected chi connectivity index (χ4v) is 2.39. The summed E-state index contributed by atoms with van der Waals surface area (Å²) in [6.45, 7) is 7.34. The summed E-state index contributed by atoms with van der Waals surface area (Å²) in [4.78, 5) is 0. The smallest absolute Gasteiger partial charge is 0.434 e. The van der Waals surface area contributed by atoms with Crippen LogP contribution in [0, 0.1) is 0 Å². The second-order valence-corrected chi connectivity index (χ2v) is 8.28. The first-order valence-corrected chi connectivity index (χ1v) is 8.97. The Balaban J connectivity index is 2.97. The Morgan fingerprint density at radius 1 is 1.12 bits per heavy atom. The van der Waals surface area contributed by atoms with Crippen molar-refractivity contribution in [3.8, 4) is 5.75 Å². The Morgan fingerprint density at radius 3 is 2.17 bits per heavy atom. The average Bonchev–Trinajstić information content (AvgIpc) is 2.47. The first-order chi connectivity index (χ1) is 11.1. The zero-order valence-electron chi connectivity index (χ0n) is 14.4. The van der Waals surface area contributed by atoms with Gasteiger partial charge >= 0.3 is 6.18 Å². The number of hydrogen-bond acceptors (Lipinski definition) is 2. The van der Waals surface area contributed by atoms with Gasteiger partial charge in [0.2, 0.25) is 0 Å². The molecule has 0 aliphatic carbocycles. The molecule has 1 atom stereocenters. The van der Waals surface area contributed by atoms with Crippen molar-refractivity contribution in [3.05, 3.63) is 29.8 Å². The van der Waals surface area contributed by atoms with Crippen LogP contribution < -0.4 is 4.74 Å². The third-order valence-electron chi connectivity index (χ3n) is 3.11. The Morgan fingerprint density at radius 2 is 1.71 bits per heavy atom. The third-order valence-corrected chi connectivity index (χ3v) is 4.51. The Bertz CT molecular complexity index is 575. The quantitative estimate of drug-likeness (QED) is 0.501. The van der Waals surface area contributed by atoms with Crippen molar-refractivity contribution in [3.63, 3.8) is 0 Å². The van der Waals surface area contributed by atoms with E-state index in [0.29, 0.717) is 12.4 Å². The van der Waals surface area contributed by atoms with E-state index in [1.54, 1.807) is 20.8 Å². The number of hydrogen-bond donors (Lipinski definition) is 0. The lowest BCUT2D eigenvalue weighted by Gasteiger charge is -2.17. The minimum atomic E-state index is -4.68. The molecule has 0 amide bonds. The molecule has 136 valence electrons. The summed E-state index contributed by atoms with van der Waals surface area (Å²) < 4.78 is 59.7. The normalized spacial score (nSPS) is 14.5. The maximum Gasteiger partial charge on any atom is 0.434 e. The van der Waals surface area contributed by atoms with Crippen molar-refractivity contribution in [1.82, 2.24) is 0 Å². The van der Waals surface area contributed by atoms with Gasteiger partial charge in [-0.05, 0) is 51.5 Å². The topological polar surface area (TPSA) is 38.7 Å². The van der Waals surface area contributed by atoms with Crippen LogP contribution in [0.3, 0.4) is 0 Å². The van der Waals surface area contributed by atoms with Crippen LogP contribution in [-0.2, 0) is 11.0 Å². The van der Waals surface area contributed by atoms with E-state index in [0.717, 1.165) is 19.3 Å².